The van der Waals surface area contributed by atoms with Gasteiger partial charge in [-0.1, -0.05) is 61.5 Å². The molecule has 4 aliphatic heterocycles. The third-order valence-corrected chi connectivity index (χ3v) is 13.8. The first-order valence-corrected chi connectivity index (χ1v) is 21.0. The van der Waals surface area contributed by atoms with Gasteiger partial charge in [0.15, 0.2) is 11.4 Å². The highest BCUT2D eigenvalue weighted by Crippen LogP contribution is 2.60. The van der Waals surface area contributed by atoms with Gasteiger partial charge in [-0.25, -0.2) is 0 Å². The number of nitrogens with zero attached hydrogens (tertiary/aromatic N) is 3. The fourth-order valence-corrected chi connectivity index (χ4v) is 11.5. The van der Waals surface area contributed by atoms with Gasteiger partial charge in [0.25, 0.3) is 11.8 Å². The van der Waals surface area contributed by atoms with E-state index in [1.165, 1.54) is 0 Å². The maximum absolute atomic E-state index is 16.3. The van der Waals surface area contributed by atoms with Crippen LogP contribution in [0.25, 0.3) is 0 Å². The minimum atomic E-state index is -3.46. The number of para-hydroxylation sites is 4. The Morgan fingerprint density at radius 1 is 0.923 bits per heavy atom. The quantitative estimate of drug-likeness (QED) is 0.157. The zero-order chi connectivity index (χ0) is 36.4. The van der Waals surface area contributed by atoms with Crippen molar-refractivity contribution in [3.63, 3.8) is 0 Å². The molecule has 2 fully saturated rings. The number of hydrogen-bond donors (Lipinski definition) is 1. The van der Waals surface area contributed by atoms with E-state index in [1.807, 2.05) is 91.9 Å². The average molecular weight is 720 g/mol. The van der Waals surface area contributed by atoms with Crippen LogP contribution in [0.3, 0.4) is 0 Å². The number of halogens is 1. The van der Waals surface area contributed by atoms with Gasteiger partial charge in [-0.05, 0) is 74.0 Å². The van der Waals surface area contributed by atoms with E-state index in [4.69, 9.17) is 9.47 Å². The highest BCUT2D eigenvalue weighted by molar-refractivity contribution is 6.72. The van der Waals surface area contributed by atoms with E-state index in [2.05, 4.69) is 0 Å². The van der Waals surface area contributed by atoms with E-state index in [0.29, 0.717) is 46.2 Å². The number of hydrogen-bond acceptors (Lipinski definition) is 6. The van der Waals surface area contributed by atoms with Crippen molar-refractivity contribution in [2.45, 2.75) is 69.1 Å². The molecule has 0 saturated carbocycles. The van der Waals surface area contributed by atoms with Crippen LogP contribution in [-0.2, 0) is 26.5 Å². The summed E-state index contributed by atoms with van der Waals surface area (Å²) in [7, 11) is -3.46. The number of carbonyl (C=O) groups is 3. The van der Waals surface area contributed by atoms with Gasteiger partial charge in [-0.3, -0.25) is 19.3 Å². The van der Waals surface area contributed by atoms with Gasteiger partial charge in [-0.15, -0.1) is 0 Å². The van der Waals surface area contributed by atoms with Gasteiger partial charge < -0.3 is 28.5 Å². The number of benzene rings is 4. The summed E-state index contributed by atoms with van der Waals surface area (Å²) in [6.45, 7) is 5.80. The van der Waals surface area contributed by atoms with Crippen LogP contribution in [0.1, 0.15) is 47.7 Å². The second-order valence-electron chi connectivity index (χ2n) is 14.8. The summed E-state index contributed by atoms with van der Waals surface area (Å²) in [5.41, 5.74) is 1.86. The van der Waals surface area contributed by atoms with Crippen LogP contribution in [0.2, 0.25) is 18.6 Å². The monoisotopic (exact) mass is 719 g/mol. The first-order valence-electron chi connectivity index (χ1n) is 18.0. The predicted octanol–water partition coefficient (Wildman–Crippen LogP) is 7.47. The molecule has 0 aromatic heterocycles. The van der Waals surface area contributed by atoms with E-state index in [0.717, 1.165) is 18.4 Å². The second-order valence-corrected chi connectivity index (χ2v) is 18.6. The second kappa shape index (κ2) is 13.0. The van der Waals surface area contributed by atoms with Crippen LogP contribution in [0, 0.1) is 5.92 Å². The number of rotatable bonds is 7. The molecule has 52 heavy (non-hydrogen) atoms. The number of fused-ring (bicyclic) bond motifs is 4. The van der Waals surface area contributed by atoms with Gasteiger partial charge in [0, 0.05) is 29.3 Å². The molecule has 0 bridgehead atoms. The van der Waals surface area contributed by atoms with Gasteiger partial charge in [0.2, 0.25) is 14.3 Å². The fraction of sp³-hybridized carbons (Fsp3) is 0.341. The summed E-state index contributed by atoms with van der Waals surface area (Å²) < 4.78 is 29.2. The van der Waals surface area contributed by atoms with Crippen LogP contribution in [-0.4, -0.2) is 61.4 Å². The smallest absolute Gasteiger partial charge is 0.266 e. The molecule has 0 aliphatic carbocycles. The summed E-state index contributed by atoms with van der Waals surface area (Å²) in [5.74, 6) is -0.144. The molecule has 268 valence electrons. The molecule has 0 unspecified atom stereocenters. The first-order chi connectivity index (χ1) is 25.0. The zero-order valence-electron chi connectivity index (χ0n) is 29.5. The molecule has 1 N–H and O–H groups in total. The van der Waals surface area contributed by atoms with Crippen molar-refractivity contribution >= 4 is 43.2 Å². The Morgan fingerprint density at radius 3 is 2.33 bits per heavy atom. The van der Waals surface area contributed by atoms with Gasteiger partial charge in [0.05, 0.1) is 48.7 Å². The lowest BCUT2D eigenvalue weighted by Gasteiger charge is -2.31. The molecule has 3 amide bonds. The molecule has 4 aromatic carbocycles. The third kappa shape index (κ3) is 5.45. The van der Waals surface area contributed by atoms with Crippen LogP contribution < -0.4 is 14.5 Å². The van der Waals surface area contributed by atoms with E-state index in [9.17, 15) is 19.5 Å². The van der Waals surface area contributed by atoms with Crippen molar-refractivity contribution in [2.75, 3.05) is 23.0 Å². The van der Waals surface area contributed by atoms with Crippen LogP contribution in [0.4, 0.5) is 21.2 Å². The largest absolute Gasteiger partial charge is 0.454 e. The van der Waals surface area contributed by atoms with Crippen LogP contribution in [0.5, 0.6) is 11.5 Å². The summed E-state index contributed by atoms with van der Waals surface area (Å²) in [6.07, 6.45) is 0.709. The van der Waals surface area contributed by atoms with Crippen molar-refractivity contribution in [3.05, 3.63) is 114 Å². The van der Waals surface area contributed by atoms with Gasteiger partial charge >= 0.3 is 0 Å². The van der Waals surface area contributed by atoms with E-state index in [-0.39, 0.29) is 43.3 Å². The maximum atomic E-state index is 16.3. The summed E-state index contributed by atoms with van der Waals surface area (Å²) in [5, 5.41) is 9.86. The lowest BCUT2D eigenvalue weighted by atomic mass is 9.82. The van der Waals surface area contributed by atoms with Crippen molar-refractivity contribution in [1.82, 2.24) is 4.90 Å². The SMILES string of the molecule is C[C@H]1[C@H]([Si](C)(C)F)[C@@H](CC(=O)N2CCC[C@H]2CO)O[C@]12C(=O)N(Cc1ccc(N3C(=O)c4ccccc4Oc4ccccc43)cc1)c1ccccc12. The Labute approximate surface area is 303 Å². The Hall–Kier alpha value is -4.84. The number of ether oxygens (including phenoxy) is 2. The van der Waals surface area contributed by atoms with Crippen LogP contribution in [0.15, 0.2) is 97.1 Å². The summed E-state index contributed by atoms with van der Waals surface area (Å²) >= 11 is 0. The molecule has 11 heteroatoms. The number of amides is 3. The predicted molar refractivity (Wildman–Crippen MR) is 198 cm³/mol. The number of carbonyl (C=O) groups excluding carboxylic acids is 3. The first kappa shape index (κ1) is 34.3. The van der Waals surface area contributed by atoms with Crippen LogP contribution >= 0.6 is 0 Å². The Morgan fingerprint density at radius 2 is 1.60 bits per heavy atom. The van der Waals surface area contributed by atoms with Gasteiger partial charge in [-0.2, -0.15) is 0 Å². The molecule has 4 aromatic rings. The molecule has 8 rings (SSSR count). The van der Waals surface area contributed by atoms with Crippen molar-refractivity contribution in [3.8, 4) is 11.5 Å². The molecule has 9 nitrogen and oxygen atoms in total. The molecule has 5 atom stereocenters. The van der Waals surface area contributed by atoms with E-state index >= 15 is 4.11 Å². The molecule has 4 aliphatic rings. The highest BCUT2D eigenvalue weighted by atomic mass is 28.4. The summed E-state index contributed by atoms with van der Waals surface area (Å²) in [4.78, 5) is 47.4. The molecule has 1 spiro atoms. The topological polar surface area (TPSA) is 99.6 Å². The maximum Gasteiger partial charge on any atom is 0.266 e. The molecule has 0 radical (unpaired) electrons. The third-order valence-electron chi connectivity index (χ3n) is 11.3. The lowest BCUT2D eigenvalue weighted by Crippen LogP contribution is -2.45. The molecular formula is C41H42FN3O6Si. The number of likely N-dealkylation sites (tertiary alicyclic amines) is 1. The minimum Gasteiger partial charge on any atom is -0.454 e. The molecule has 4 heterocycles. The Bertz CT molecular complexity index is 2050. The standard InChI is InChI=1S/C41H42FN3O6Si/c1-26-38(52(2,3)42)36(23-37(47)43-22-10-11-29(43)25-46)51-41(26)31-13-5-6-14-32(31)44(40(41)49)24-27-18-20-28(21-19-27)45-33-15-7-9-17-35(33)50-34-16-8-4-12-30(34)39(45)48/h4-9,12-21,26,29,36,38,46H,10-11,22-25H2,1-3H3/t26-,29-,36+,38-,41+/m0/s1. The minimum absolute atomic E-state index is 0.0433. The van der Waals surface area contributed by atoms with Crippen molar-refractivity contribution < 1.29 is 33.1 Å². The average Bonchev–Trinajstić information content (AvgIpc) is 3.77. The molecular weight excluding hydrogens is 678 g/mol. The summed E-state index contributed by atoms with van der Waals surface area (Å²) in [6, 6.07) is 29.4. The Kier molecular flexibility index (Phi) is 8.55. The number of aliphatic hydroxyl groups is 1. The van der Waals surface area contributed by atoms with Gasteiger partial charge in [0.1, 0.15) is 5.75 Å². The van der Waals surface area contributed by atoms with E-state index in [1.54, 1.807) is 39.9 Å². The fourth-order valence-electron chi connectivity index (χ4n) is 9.00. The normalized spacial score (nSPS) is 25.2. The number of anilines is 3. The van der Waals surface area contributed by atoms with E-state index < -0.39 is 31.6 Å². The molecule has 2 saturated heterocycles. The number of aliphatic hydroxyl groups excluding tert-OH is 1. The van der Waals surface area contributed by atoms with Crippen molar-refractivity contribution in [1.29, 1.82) is 0 Å². The Balaban J connectivity index is 1.10. The van der Waals surface area contributed by atoms with Crippen molar-refractivity contribution in [2.24, 2.45) is 5.92 Å². The zero-order valence-corrected chi connectivity index (χ0v) is 30.5. The highest BCUT2D eigenvalue weighted by Gasteiger charge is 2.67. The lowest BCUT2D eigenvalue weighted by molar-refractivity contribution is -0.150.